The second-order valence-electron chi connectivity index (χ2n) is 5.96. The Morgan fingerprint density at radius 1 is 1.20 bits per heavy atom. The summed E-state index contributed by atoms with van der Waals surface area (Å²) >= 11 is 0. The summed E-state index contributed by atoms with van der Waals surface area (Å²) in [5.74, 6) is -0.0605. The van der Waals surface area contributed by atoms with Gasteiger partial charge in [-0.1, -0.05) is 0 Å². The van der Waals surface area contributed by atoms with Gasteiger partial charge in [0.2, 0.25) is 10.0 Å². The monoisotopic (exact) mass is 365 g/mol. The van der Waals surface area contributed by atoms with E-state index in [9.17, 15) is 18.5 Å². The Bertz CT molecular complexity index is 894. The number of nitrogens with zero attached hydrogens (tertiary/aromatic N) is 4. The van der Waals surface area contributed by atoms with Gasteiger partial charge in [-0.15, -0.1) is 0 Å². The number of anilines is 1. The lowest BCUT2D eigenvalue weighted by Gasteiger charge is -2.36. The fourth-order valence-electron chi connectivity index (χ4n) is 3.03. The van der Waals surface area contributed by atoms with Crippen LogP contribution in [0.15, 0.2) is 30.5 Å². The molecule has 0 spiro atoms. The molecule has 1 aliphatic rings. The van der Waals surface area contributed by atoms with E-state index in [1.54, 1.807) is 24.4 Å². The van der Waals surface area contributed by atoms with Crippen LogP contribution in [0.1, 0.15) is 0 Å². The number of benzene rings is 1. The minimum absolute atomic E-state index is 0.0404. The zero-order valence-corrected chi connectivity index (χ0v) is 14.4. The van der Waals surface area contributed by atoms with E-state index < -0.39 is 14.9 Å². The maximum absolute atomic E-state index is 11.2. The van der Waals surface area contributed by atoms with E-state index >= 15 is 0 Å². The van der Waals surface area contributed by atoms with Crippen LogP contribution in [0, 0.1) is 10.1 Å². The Hall–Kier alpha value is -2.30. The number of pyridine rings is 1. The van der Waals surface area contributed by atoms with Gasteiger partial charge in [-0.25, -0.2) is 13.6 Å². The highest BCUT2D eigenvalue weighted by Gasteiger charge is 2.22. The predicted octanol–water partition coefficient (Wildman–Crippen LogP) is 0.554. The topological polar surface area (TPSA) is 123 Å². The molecule has 0 amide bonds. The van der Waals surface area contributed by atoms with Gasteiger partial charge in [0.1, 0.15) is 5.52 Å². The smallest absolute Gasteiger partial charge is 0.278 e. The lowest BCUT2D eigenvalue weighted by Crippen LogP contribution is -2.48. The number of nitrogens with two attached hydrogens (primary N) is 1. The van der Waals surface area contributed by atoms with Crippen LogP contribution in [-0.2, 0) is 10.0 Å². The molecule has 0 bridgehead atoms. The minimum Gasteiger partial charge on any atom is -0.367 e. The molecule has 0 radical (unpaired) electrons. The summed E-state index contributed by atoms with van der Waals surface area (Å²) in [5.41, 5.74) is 1.50. The van der Waals surface area contributed by atoms with Crippen LogP contribution in [-0.4, -0.2) is 61.7 Å². The zero-order valence-electron chi connectivity index (χ0n) is 13.5. The second-order valence-corrected chi connectivity index (χ2v) is 7.69. The van der Waals surface area contributed by atoms with Crippen molar-refractivity contribution in [3.8, 4) is 0 Å². The standard InChI is InChI=1S/C15H19N5O4S/c16-25(23,24)11-10-18-6-8-19(9-7-18)14-4-3-13(20(21)22)12-2-1-5-17-15(12)14/h1-5H,6-11H2,(H2,16,23,24). The summed E-state index contributed by atoms with van der Waals surface area (Å²) in [6.45, 7) is 3.18. The summed E-state index contributed by atoms with van der Waals surface area (Å²) in [5, 5.41) is 16.8. The number of non-ortho nitro benzene ring substituents is 1. The molecule has 2 aromatic rings. The van der Waals surface area contributed by atoms with Gasteiger partial charge in [-0.2, -0.15) is 0 Å². The fourth-order valence-corrected chi connectivity index (χ4v) is 3.54. The number of nitro benzene ring substituents is 1. The molecule has 1 saturated heterocycles. The number of hydrogen-bond donors (Lipinski definition) is 1. The molecule has 1 aliphatic heterocycles. The van der Waals surface area contributed by atoms with Crippen molar-refractivity contribution in [1.82, 2.24) is 9.88 Å². The number of sulfonamides is 1. The van der Waals surface area contributed by atoms with Crippen molar-refractivity contribution in [3.05, 3.63) is 40.6 Å². The molecule has 0 unspecified atom stereocenters. The molecule has 1 aromatic heterocycles. The molecule has 1 aromatic carbocycles. The summed E-state index contributed by atoms with van der Waals surface area (Å²) in [6.07, 6.45) is 1.62. The largest absolute Gasteiger partial charge is 0.367 e. The van der Waals surface area contributed by atoms with Crippen molar-refractivity contribution in [3.63, 3.8) is 0 Å². The molecular weight excluding hydrogens is 346 g/mol. The van der Waals surface area contributed by atoms with Crippen molar-refractivity contribution in [1.29, 1.82) is 0 Å². The second kappa shape index (κ2) is 6.90. The lowest BCUT2D eigenvalue weighted by molar-refractivity contribution is -0.383. The first kappa shape index (κ1) is 17.5. The van der Waals surface area contributed by atoms with E-state index in [0.29, 0.717) is 43.6 Å². The average Bonchev–Trinajstić information content (AvgIpc) is 2.59. The Labute approximate surface area is 145 Å². The molecule has 0 saturated carbocycles. The van der Waals surface area contributed by atoms with Crippen LogP contribution in [0.4, 0.5) is 11.4 Å². The molecule has 1 fully saturated rings. The van der Waals surface area contributed by atoms with Gasteiger partial charge in [-0.3, -0.25) is 20.0 Å². The SMILES string of the molecule is NS(=O)(=O)CCN1CCN(c2ccc([N+](=O)[O-])c3cccnc23)CC1. The van der Waals surface area contributed by atoms with Gasteiger partial charge >= 0.3 is 0 Å². The first-order chi connectivity index (χ1) is 11.8. The fraction of sp³-hybridized carbons (Fsp3) is 0.400. The normalized spacial score (nSPS) is 16.3. The van der Waals surface area contributed by atoms with Crippen molar-refractivity contribution < 1.29 is 13.3 Å². The van der Waals surface area contributed by atoms with Gasteiger partial charge in [0.15, 0.2) is 0 Å². The average molecular weight is 365 g/mol. The van der Waals surface area contributed by atoms with E-state index in [1.165, 1.54) is 6.07 Å². The van der Waals surface area contributed by atoms with Crippen LogP contribution in [0.5, 0.6) is 0 Å². The molecule has 9 nitrogen and oxygen atoms in total. The number of aromatic nitrogens is 1. The third kappa shape index (κ3) is 4.03. The maximum atomic E-state index is 11.2. The molecule has 0 aliphatic carbocycles. The summed E-state index contributed by atoms with van der Waals surface area (Å²) < 4.78 is 22.1. The van der Waals surface area contributed by atoms with Crippen LogP contribution >= 0.6 is 0 Å². The zero-order chi connectivity index (χ0) is 18.0. The van der Waals surface area contributed by atoms with Crippen LogP contribution < -0.4 is 10.0 Å². The molecular formula is C15H19N5O4S. The van der Waals surface area contributed by atoms with Gasteiger partial charge in [-0.05, 0) is 18.2 Å². The Morgan fingerprint density at radius 3 is 2.56 bits per heavy atom. The van der Waals surface area contributed by atoms with Crippen LogP contribution in [0.2, 0.25) is 0 Å². The van der Waals surface area contributed by atoms with E-state index in [1.807, 2.05) is 4.90 Å². The molecule has 134 valence electrons. The summed E-state index contributed by atoms with van der Waals surface area (Å²) in [7, 11) is -3.46. The highest BCUT2D eigenvalue weighted by atomic mass is 32.2. The molecule has 2 heterocycles. The van der Waals surface area contributed by atoms with Gasteiger partial charge in [0.05, 0.1) is 21.7 Å². The molecule has 10 heteroatoms. The van der Waals surface area contributed by atoms with E-state index in [2.05, 4.69) is 9.88 Å². The number of hydrogen-bond acceptors (Lipinski definition) is 7. The van der Waals surface area contributed by atoms with Gasteiger partial charge < -0.3 is 4.90 Å². The summed E-state index contributed by atoms with van der Waals surface area (Å²) in [6, 6.07) is 6.62. The van der Waals surface area contributed by atoms with Crippen molar-refractivity contribution in [2.75, 3.05) is 43.4 Å². The lowest BCUT2D eigenvalue weighted by atomic mass is 10.1. The number of nitro groups is 1. The highest BCUT2D eigenvalue weighted by molar-refractivity contribution is 7.89. The Morgan fingerprint density at radius 2 is 1.92 bits per heavy atom. The Kier molecular flexibility index (Phi) is 4.84. The predicted molar refractivity (Wildman–Crippen MR) is 95.0 cm³/mol. The van der Waals surface area contributed by atoms with Crippen molar-refractivity contribution in [2.45, 2.75) is 0 Å². The minimum atomic E-state index is -3.46. The maximum Gasteiger partial charge on any atom is 0.278 e. The first-order valence-corrected chi connectivity index (χ1v) is 9.56. The summed E-state index contributed by atoms with van der Waals surface area (Å²) in [4.78, 5) is 19.3. The van der Waals surface area contributed by atoms with Crippen LogP contribution in [0.25, 0.3) is 10.9 Å². The molecule has 25 heavy (non-hydrogen) atoms. The van der Waals surface area contributed by atoms with E-state index in [0.717, 1.165) is 5.69 Å². The van der Waals surface area contributed by atoms with Crippen LogP contribution in [0.3, 0.4) is 0 Å². The van der Waals surface area contributed by atoms with Crippen molar-refractivity contribution >= 4 is 32.3 Å². The molecule has 2 N–H and O–H groups in total. The number of rotatable bonds is 5. The third-order valence-corrected chi connectivity index (χ3v) is 5.08. The molecule has 3 rings (SSSR count). The van der Waals surface area contributed by atoms with E-state index in [-0.39, 0.29) is 11.4 Å². The number of fused-ring (bicyclic) bond motifs is 1. The highest BCUT2D eigenvalue weighted by Crippen LogP contribution is 2.32. The quantitative estimate of drug-likeness (QED) is 0.606. The van der Waals surface area contributed by atoms with Crippen molar-refractivity contribution in [2.24, 2.45) is 5.14 Å². The Balaban J connectivity index is 1.78. The van der Waals surface area contributed by atoms with Gasteiger partial charge in [0, 0.05) is 45.0 Å². The molecule has 0 atom stereocenters. The number of piperazine rings is 1. The number of primary sulfonamides is 1. The first-order valence-electron chi connectivity index (χ1n) is 7.85. The van der Waals surface area contributed by atoms with Gasteiger partial charge in [0.25, 0.3) is 5.69 Å². The third-order valence-electron chi connectivity index (χ3n) is 4.33. The van der Waals surface area contributed by atoms with E-state index in [4.69, 9.17) is 5.14 Å².